The number of hydrogen-bond acceptors (Lipinski definition) is 2. The minimum absolute atomic E-state index is 0.164. The van der Waals surface area contributed by atoms with Crippen molar-refractivity contribution in [1.82, 2.24) is 14.9 Å². The first kappa shape index (κ1) is 11.4. The van der Waals surface area contributed by atoms with Crippen LogP contribution in [0.3, 0.4) is 0 Å². The first-order valence-corrected chi connectivity index (χ1v) is 6.25. The van der Waals surface area contributed by atoms with E-state index in [1.807, 2.05) is 12.3 Å². The van der Waals surface area contributed by atoms with E-state index in [9.17, 15) is 4.39 Å². The summed E-state index contributed by atoms with van der Waals surface area (Å²) < 4.78 is 15.4. The van der Waals surface area contributed by atoms with E-state index in [2.05, 4.69) is 14.9 Å². The lowest BCUT2D eigenvalue weighted by molar-refractivity contribution is 0.617. The zero-order valence-electron chi connectivity index (χ0n) is 10.4. The molecule has 1 aromatic heterocycles. The summed E-state index contributed by atoms with van der Waals surface area (Å²) >= 11 is 0. The number of aromatic nitrogens is 2. The third-order valence-corrected chi connectivity index (χ3v) is 3.57. The number of nitrogens with one attached hydrogen (secondary N) is 1. The predicted octanol–water partition coefficient (Wildman–Crippen LogP) is 2.40. The first-order valence-electron chi connectivity index (χ1n) is 6.25. The molecule has 1 unspecified atom stereocenters. The van der Waals surface area contributed by atoms with Crippen molar-refractivity contribution in [1.29, 1.82) is 0 Å². The highest BCUT2D eigenvalue weighted by Crippen LogP contribution is 2.25. The van der Waals surface area contributed by atoms with E-state index in [4.69, 9.17) is 0 Å². The van der Waals surface area contributed by atoms with Gasteiger partial charge >= 0.3 is 0 Å². The SMILES string of the molecule is Cc1cc(-n2cncc2C2CCNC2)ccc1F. The van der Waals surface area contributed by atoms with Gasteiger partial charge in [-0.15, -0.1) is 0 Å². The molecule has 0 radical (unpaired) electrons. The standard InChI is InChI=1S/C14H16FN3/c1-10-6-12(2-3-13(10)15)18-9-17-8-14(18)11-4-5-16-7-11/h2-3,6,8-9,11,16H,4-5,7H2,1H3. The monoisotopic (exact) mass is 245 g/mol. The fourth-order valence-electron chi connectivity index (χ4n) is 2.51. The Balaban J connectivity index is 2.00. The molecule has 1 saturated heterocycles. The Morgan fingerprint density at radius 3 is 3.06 bits per heavy atom. The lowest BCUT2D eigenvalue weighted by Crippen LogP contribution is -2.10. The van der Waals surface area contributed by atoms with Crippen molar-refractivity contribution in [3.8, 4) is 5.69 Å². The third-order valence-electron chi connectivity index (χ3n) is 3.57. The van der Waals surface area contributed by atoms with Gasteiger partial charge in [-0.05, 0) is 43.7 Å². The fourth-order valence-corrected chi connectivity index (χ4v) is 2.51. The van der Waals surface area contributed by atoms with Crippen molar-refractivity contribution >= 4 is 0 Å². The van der Waals surface area contributed by atoms with Gasteiger partial charge in [0, 0.05) is 30.0 Å². The molecule has 0 aliphatic carbocycles. The maximum atomic E-state index is 13.3. The van der Waals surface area contributed by atoms with Crippen molar-refractivity contribution in [2.45, 2.75) is 19.3 Å². The van der Waals surface area contributed by atoms with Gasteiger partial charge in [-0.3, -0.25) is 0 Å². The second-order valence-electron chi connectivity index (χ2n) is 4.81. The summed E-state index contributed by atoms with van der Waals surface area (Å²) in [5.41, 5.74) is 2.84. The van der Waals surface area contributed by atoms with Gasteiger partial charge in [0.2, 0.25) is 0 Å². The van der Waals surface area contributed by atoms with E-state index in [-0.39, 0.29) is 5.82 Å². The van der Waals surface area contributed by atoms with E-state index >= 15 is 0 Å². The van der Waals surface area contributed by atoms with Crippen LogP contribution < -0.4 is 5.32 Å². The summed E-state index contributed by atoms with van der Waals surface area (Å²) in [5.74, 6) is 0.334. The van der Waals surface area contributed by atoms with Crippen molar-refractivity contribution in [2.75, 3.05) is 13.1 Å². The van der Waals surface area contributed by atoms with Gasteiger partial charge in [0.15, 0.2) is 0 Å². The maximum Gasteiger partial charge on any atom is 0.126 e. The molecular formula is C14H16FN3. The molecule has 3 nitrogen and oxygen atoms in total. The Bertz CT molecular complexity index is 556. The number of rotatable bonds is 2. The highest BCUT2D eigenvalue weighted by Gasteiger charge is 2.20. The van der Waals surface area contributed by atoms with Crippen LogP contribution in [-0.4, -0.2) is 22.6 Å². The topological polar surface area (TPSA) is 29.9 Å². The summed E-state index contributed by atoms with van der Waals surface area (Å²) in [7, 11) is 0. The Kier molecular flexibility index (Phi) is 2.88. The number of imidazole rings is 1. The summed E-state index contributed by atoms with van der Waals surface area (Å²) in [5, 5.41) is 3.36. The highest BCUT2D eigenvalue weighted by atomic mass is 19.1. The highest BCUT2D eigenvalue weighted by molar-refractivity contribution is 5.38. The molecule has 1 aliphatic rings. The van der Waals surface area contributed by atoms with E-state index < -0.39 is 0 Å². The van der Waals surface area contributed by atoms with Crippen molar-refractivity contribution < 1.29 is 4.39 Å². The number of aryl methyl sites for hydroxylation is 1. The molecule has 3 rings (SSSR count). The van der Waals surface area contributed by atoms with Crippen LogP contribution in [0.2, 0.25) is 0 Å². The second-order valence-corrected chi connectivity index (χ2v) is 4.81. The van der Waals surface area contributed by atoms with Crippen LogP contribution in [0.4, 0.5) is 4.39 Å². The molecule has 1 aliphatic heterocycles. The molecule has 1 aromatic carbocycles. The molecule has 1 atom stereocenters. The van der Waals surface area contributed by atoms with Crippen LogP contribution in [0.5, 0.6) is 0 Å². The summed E-state index contributed by atoms with van der Waals surface area (Å²) in [4.78, 5) is 4.24. The van der Waals surface area contributed by atoms with Gasteiger partial charge in [-0.2, -0.15) is 0 Å². The Morgan fingerprint density at radius 1 is 1.44 bits per heavy atom. The van der Waals surface area contributed by atoms with Crippen LogP contribution >= 0.6 is 0 Å². The molecule has 4 heteroatoms. The van der Waals surface area contributed by atoms with Gasteiger partial charge in [-0.25, -0.2) is 9.37 Å². The Hall–Kier alpha value is -1.68. The van der Waals surface area contributed by atoms with Crippen LogP contribution in [0, 0.1) is 12.7 Å². The van der Waals surface area contributed by atoms with E-state index in [1.165, 1.54) is 11.8 Å². The molecule has 94 valence electrons. The Morgan fingerprint density at radius 2 is 2.33 bits per heavy atom. The van der Waals surface area contributed by atoms with Gasteiger partial charge < -0.3 is 9.88 Å². The smallest absolute Gasteiger partial charge is 0.126 e. The minimum Gasteiger partial charge on any atom is -0.316 e. The normalized spacial score (nSPS) is 19.3. The predicted molar refractivity (Wildman–Crippen MR) is 68.5 cm³/mol. The molecule has 1 N–H and O–H groups in total. The molecule has 2 heterocycles. The number of halogens is 1. The second kappa shape index (κ2) is 4.53. The largest absolute Gasteiger partial charge is 0.316 e. The number of benzene rings is 1. The minimum atomic E-state index is -0.164. The lowest BCUT2D eigenvalue weighted by atomic mass is 10.1. The average molecular weight is 245 g/mol. The lowest BCUT2D eigenvalue weighted by Gasteiger charge is -2.13. The summed E-state index contributed by atoms with van der Waals surface area (Å²) in [6.07, 6.45) is 4.85. The van der Waals surface area contributed by atoms with E-state index in [0.717, 1.165) is 25.2 Å². The van der Waals surface area contributed by atoms with Crippen LogP contribution in [0.25, 0.3) is 5.69 Å². The van der Waals surface area contributed by atoms with Crippen LogP contribution in [-0.2, 0) is 0 Å². The fraction of sp³-hybridized carbons (Fsp3) is 0.357. The molecular weight excluding hydrogens is 229 g/mol. The average Bonchev–Trinajstić information content (AvgIpc) is 3.00. The zero-order chi connectivity index (χ0) is 12.5. The summed E-state index contributed by atoms with van der Waals surface area (Å²) in [6.45, 7) is 3.83. The van der Waals surface area contributed by atoms with E-state index in [0.29, 0.717) is 11.5 Å². The third kappa shape index (κ3) is 1.93. The summed E-state index contributed by atoms with van der Waals surface area (Å²) in [6, 6.07) is 5.18. The zero-order valence-corrected chi connectivity index (χ0v) is 10.4. The maximum absolute atomic E-state index is 13.3. The van der Waals surface area contributed by atoms with Gasteiger partial charge in [0.05, 0.1) is 6.33 Å². The van der Waals surface area contributed by atoms with Crippen LogP contribution in [0.1, 0.15) is 23.6 Å². The van der Waals surface area contributed by atoms with Gasteiger partial charge in [0.25, 0.3) is 0 Å². The molecule has 18 heavy (non-hydrogen) atoms. The molecule has 0 saturated carbocycles. The molecule has 0 bridgehead atoms. The Labute approximate surface area is 106 Å². The van der Waals surface area contributed by atoms with E-state index in [1.54, 1.807) is 19.3 Å². The number of nitrogens with zero attached hydrogens (tertiary/aromatic N) is 2. The number of hydrogen-bond donors (Lipinski definition) is 1. The molecule has 2 aromatic rings. The van der Waals surface area contributed by atoms with Crippen molar-refractivity contribution in [2.24, 2.45) is 0 Å². The molecule has 0 spiro atoms. The van der Waals surface area contributed by atoms with Gasteiger partial charge in [-0.1, -0.05) is 0 Å². The molecule has 1 fully saturated rings. The van der Waals surface area contributed by atoms with Crippen LogP contribution in [0.15, 0.2) is 30.7 Å². The van der Waals surface area contributed by atoms with Crippen molar-refractivity contribution in [3.63, 3.8) is 0 Å². The van der Waals surface area contributed by atoms with Crippen molar-refractivity contribution in [3.05, 3.63) is 47.8 Å². The quantitative estimate of drug-likeness (QED) is 0.880. The van der Waals surface area contributed by atoms with Gasteiger partial charge in [0.1, 0.15) is 5.82 Å². The first-order chi connectivity index (χ1) is 8.75. The molecule has 0 amide bonds.